The van der Waals surface area contributed by atoms with Gasteiger partial charge in [0.05, 0.1) is 17.4 Å². The molecule has 0 aliphatic carbocycles. The minimum atomic E-state index is 0.522. The number of nitrogens with one attached hydrogen (secondary N) is 1. The third kappa shape index (κ3) is 2.56. The zero-order valence-corrected chi connectivity index (χ0v) is 11.8. The molecule has 2 aromatic rings. The molecule has 0 radical (unpaired) electrons. The summed E-state index contributed by atoms with van der Waals surface area (Å²) < 4.78 is 2.26. The first kappa shape index (κ1) is 13.1. The third-order valence-electron chi connectivity index (χ3n) is 3.64. The molecular formula is C15H23N3. The fourth-order valence-electron chi connectivity index (χ4n) is 2.32. The monoisotopic (exact) mass is 245 g/mol. The summed E-state index contributed by atoms with van der Waals surface area (Å²) in [5.74, 6) is 0. The molecule has 1 aromatic carbocycles. The van der Waals surface area contributed by atoms with Crippen molar-refractivity contribution in [1.82, 2.24) is 14.9 Å². The van der Waals surface area contributed by atoms with E-state index in [0.29, 0.717) is 6.04 Å². The van der Waals surface area contributed by atoms with E-state index in [9.17, 15) is 0 Å². The standard InChI is InChI=1S/C15H23N3/c1-5-13(16-6-2)9-18-10-17-14-7-11(3)12(4)8-15(14)18/h7-8,10,13,16H,5-6,9H2,1-4H3. The van der Waals surface area contributed by atoms with Crippen molar-refractivity contribution in [3.8, 4) is 0 Å². The largest absolute Gasteiger partial charge is 0.329 e. The van der Waals surface area contributed by atoms with Crippen LogP contribution in [0.15, 0.2) is 18.5 Å². The van der Waals surface area contributed by atoms with Gasteiger partial charge in [-0.1, -0.05) is 13.8 Å². The minimum Gasteiger partial charge on any atom is -0.329 e. The maximum absolute atomic E-state index is 4.50. The number of aromatic nitrogens is 2. The van der Waals surface area contributed by atoms with Crippen molar-refractivity contribution in [2.45, 2.75) is 46.7 Å². The Balaban J connectivity index is 2.31. The van der Waals surface area contributed by atoms with E-state index in [0.717, 1.165) is 25.0 Å². The van der Waals surface area contributed by atoms with Crippen LogP contribution in [-0.2, 0) is 6.54 Å². The highest BCUT2D eigenvalue weighted by molar-refractivity contribution is 5.77. The highest BCUT2D eigenvalue weighted by Gasteiger charge is 2.09. The van der Waals surface area contributed by atoms with Crippen molar-refractivity contribution in [3.05, 3.63) is 29.6 Å². The molecule has 1 aromatic heterocycles. The van der Waals surface area contributed by atoms with E-state index >= 15 is 0 Å². The molecule has 0 bridgehead atoms. The van der Waals surface area contributed by atoms with Crippen molar-refractivity contribution >= 4 is 11.0 Å². The molecule has 3 nitrogen and oxygen atoms in total. The van der Waals surface area contributed by atoms with Gasteiger partial charge >= 0.3 is 0 Å². The first-order valence-electron chi connectivity index (χ1n) is 6.81. The molecule has 1 atom stereocenters. The van der Waals surface area contributed by atoms with Crippen LogP contribution in [0.3, 0.4) is 0 Å². The van der Waals surface area contributed by atoms with E-state index in [2.05, 4.69) is 54.7 Å². The normalized spacial score (nSPS) is 13.1. The molecule has 0 saturated carbocycles. The molecular weight excluding hydrogens is 222 g/mol. The fourth-order valence-corrected chi connectivity index (χ4v) is 2.32. The Morgan fingerprint density at radius 2 is 1.94 bits per heavy atom. The molecule has 0 aliphatic rings. The Morgan fingerprint density at radius 3 is 2.61 bits per heavy atom. The predicted octanol–water partition coefficient (Wildman–Crippen LogP) is 3.04. The Hall–Kier alpha value is -1.35. The number of hydrogen-bond donors (Lipinski definition) is 1. The first-order valence-corrected chi connectivity index (χ1v) is 6.81. The van der Waals surface area contributed by atoms with Crippen LogP contribution in [0.25, 0.3) is 11.0 Å². The van der Waals surface area contributed by atoms with Crippen LogP contribution in [0.1, 0.15) is 31.4 Å². The average molecular weight is 245 g/mol. The van der Waals surface area contributed by atoms with Gasteiger partial charge in [-0.15, -0.1) is 0 Å². The first-order chi connectivity index (χ1) is 8.65. The molecule has 1 N–H and O–H groups in total. The quantitative estimate of drug-likeness (QED) is 0.877. The highest BCUT2D eigenvalue weighted by atomic mass is 15.1. The number of fused-ring (bicyclic) bond motifs is 1. The minimum absolute atomic E-state index is 0.522. The molecule has 0 saturated heterocycles. The van der Waals surface area contributed by atoms with Crippen molar-refractivity contribution in [2.24, 2.45) is 0 Å². The van der Waals surface area contributed by atoms with Gasteiger partial charge in [0.1, 0.15) is 0 Å². The topological polar surface area (TPSA) is 29.9 Å². The number of nitrogens with zero attached hydrogens (tertiary/aromatic N) is 2. The van der Waals surface area contributed by atoms with Crippen LogP contribution in [0.4, 0.5) is 0 Å². The van der Waals surface area contributed by atoms with Crippen molar-refractivity contribution in [2.75, 3.05) is 6.54 Å². The zero-order valence-electron chi connectivity index (χ0n) is 11.8. The summed E-state index contributed by atoms with van der Waals surface area (Å²) in [6.45, 7) is 10.7. The maximum atomic E-state index is 4.50. The summed E-state index contributed by atoms with van der Waals surface area (Å²) in [5.41, 5.74) is 4.99. The van der Waals surface area contributed by atoms with Crippen molar-refractivity contribution in [3.63, 3.8) is 0 Å². The summed E-state index contributed by atoms with van der Waals surface area (Å²) in [4.78, 5) is 4.50. The Kier molecular flexibility index (Phi) is 4.02. The SMILES string of the molecule is CCNC(CC)Cn1cnc2cc(C)c(C)cc21. The van der Waals surface area contributed by atoms with Crippen LogP contribution in [0.5, 0.6) is 0 Å². The lowest BCUT2D eigenvalue weighted by molar-refractivity contribution is 0.452. The molecule has 0 amide bonds. The second kappa shape index (κ2) is 5.53. The fraction of sp³-hybridized carbons (Fsp3) is 0.533. The van der Waals surface area contributed by atoms with E-state index in [-0.39, 0.29) is 0 Å². The molecule has 2 rings (SSSR count). The molecule has 3 heteroatoms. The maximum Gasteiger partial charge on any atom is 0.0958 e. The van der Waals surface area contributed by atoms with Crippen molar-refractivity contribution < 1.29 is 0 Å². The number of benzene rings is 1. The van der Waals surface area contributed by atoms with Crippen molar-refractivity contribution in [1.29, 1.82) is 0 Å². The zero-order chi connectivity index (χ0) is 13.1. The number of rotatable bonds is 5. The highest BCUT2D eigenvalue weighted by Crippen LogP contribution is 2.18. The molecule has 0 fully saturated rings. The number of likely N-dealkylation sites (N-methyl/N-ethyl adjacent to an activating group) is 1. The molecule has 1 heterocycles. The van der Waals surface area contributed by atoms with E-state index in [1.807, 2.05) is 6.33 Å². The van der Waals surface area contributed by atoms with Gasteiger partial charge in [0.25, 0.3) is 0 Å². The molecule has 0 aliphatic heterocycles. The van der Waals surface area contributed by atoms with Gasteiger partial charge in [0.15, 0.2) is 0 Å². The van der Waals surface area contributed by atoms with Gasteiger partial charge in [-0.3, -0.25) is 0 Å². The molecule has 98 valence electrons. The average Bonchev–Trinajstić information content (AvgIpc) is 2.72. The Morgan fingerprint density at radius 1 is 1.22 bits per heavy atom. The third-order valence-corrected chi connectivity index (χ3v) is 3.64. The van der Waals surface area contributed by atoms with E-state index < -0.39 is 0 Å². The van der Waals surface area contributed by atoms with E-state index in [1.54, 1.807) is 0 Å². The lowest BCUT2D eigenvalue weighted by Crippen LogP contribution is -2.32. The molecule has 1 unspecified atom stereocenters. The second-order valence-electron chi connectivity index (χ2n) is 4.98. The number of imidazole rings is 1. The molecule has 18 heavy (non-hydrogen) atoms. The van der Waals surface area contributed by atoms with E-state index in [4.69, 9.17) is 0 Å². The predicted molar refractivity (Wildman–Crippen MR) is 77.0 cm³/mol. The summed E-state index contributed by atoms with van der Waals surface area (Å²) in [5, 5.41) is 3.51. The van der Waals surface area contributed by atoms with Crippen LogP contribution in [-0.4, -0.2) is 22.1 Å². The Labute approximate surface area is 109 Å². The van der Waals surface area contributed by atoms with E-state index in [1.165, 1.54) is 16.6 Å². The van der Waals surface area contributed by atoms with Gasteiger partial charge in [-0.2, -0.15) is 0 Å². The lowest BCUT2D eigenvalue weighted by Gasteiger charge is -2.17. The van der Waals surface area contributed by atoms with Gasteiger partial charge in [0, 0.05) is 12.6 Å². The van der Waals surface area contributed by atoms with Crippen LogP contribution < -0.4 is 5.32 Å². The summed E-state index contributed by atoms with van der Waals surface area (Å²) in [7, 11) is 0. The number of hydrogen-bond acceptors (Lipinski definition) is 2. The van der Waals surface area contributed by atoms with Crippen LogP contribution in [0, 0.1) is 13.8 Å². The smallest absolute Gasteiger partial charge is 0.0958 e. The lowest BCUT2D eigenvalue weighted by atomic mass is 10.1. The molecule has 0 spiro atoms. The number of aryl methyl sites for hydroxylation is 2. The summed E-state index contributed by atoms with van der Waals surface area (Å²) >= 11 is 0. The summed E-state index contributed by atoms with van der Waals surface area (Å²) in [6, 6.07) is 4.94. The van der Waals surface area contributed by atoms with Crippen LogP contribution in [0.2, 0.25) is 0 Å². The van der Waals surface area contributed by atoms with Crippen LogP contribution >= 0.6 is 0 Å². The van der Waals surface area contributed by atoms with Gasteiger partial charge in [-0.05, 0) is 50.1 Å². The van der Waals surface area contributed by atoms with Gasteiger partial charge in [0.2, 0.25) is 0 Å². The summed E-state index contributed by atoms with van der Waals surface area (Å²) in [6.07, 6.45) is 3.10. The van der Waals surface area contributed by atoms with Gasteiger partial charge in [-0.25, -0.2) is 4.98 Å². The Bertz CT molecular complexity index is 528. The second-order valence-corrected chi connectivity index (χ2v) is 4.98. The van der Waals surface area contributed by atoms with Gasteiger partial charge < -0.3 is 9.88 Å².